The minimum absolute atomic E-state index is 0.0254. The third-order valence-corrected chi connectivity index (χ3v) is 3.33. The van der Waals surface area contributed by atoms with Crippen LogP contribution in [-0.4, -0.2) is 32.7 Å². The quantitative estimate of drug-likeness (QED) is 0.751. The third-order valence-electron chi connectivity index (χ3n) is 3.33. The molecule has 0 spiro atoms. The maximum Gasteiger partial charge on any atom is 0.356 e. The highest BCUT2D eigenvalue weighted by molar-refractivity contribution is 5.94. The molecule has 3 rings (SSSR count). The van der Waals surface area contributed by atoms with Gasteiger partial charge in [-0.15, -0.1) is 0 Å². The number of aromatic nitrogens is 2. The summed E-state index contributed by atoms with van der Waals surface area (Å²) < 4.78 is 12.3. The van der Waals surface area contributed by atoms with Crippen molar-refractivity contribution in [1.29, 1.82) is 0 Å². The fourth-order valence-corrected chi connectivity index (χ4v) is 2.22. The average Bonchev–Trinajstić information content (AvgIpc) is 2.91. The summed E-state index contributed by atoms with van der Waals surface area (Å²) in [4.78, 5) is 15.4. The molecule has 0 unspecified atom stereocenters. The molecule has 1 aromatic carbocycles. The van der Waals surface area contributed by atoms with Gasteiger partial charge in [-0.1, -0.05) is 0 Å². The van der Waals surface area contributed by atoms with Crippen LogP contribution in [0.4, 0.5) is 0 Å². The summed E-state index contributed by atoms with van der Waals surface area (Å²) in [6.07, 6.45) is 1.55. The summed E-state index contributed by atoms with van der Waals surface area (Å²) in [5, 5.41) is 18.7. The van der Waals surface area contributed by atoms with Crippen LogP contribution >= 0.6 is 0 Å². The van der Waals surface area contributed by atoms with Gasteiger partial charge in [0, 0.05) is 12.3 Å². The Labute approximate surface area is 131 Å². The lowest BCUT2D eigenvalue weighted by Crippen LogP contribution is -2.01. The van der Waals surface area contributed by atoms with Gasteiger partial charge in [0.05, 0.1) is 12.6 Å². The zero-order valence-electron chi connectivity index (χ0n) is 12.3. The fraction of sp³-hybridized carbons (Fsp3) is 0.125. The summed E-state index contributed by atoms with van der Waals surface area (Å²) in [5.41, 5.74) is 0.181. The number of benzene rings is 1. The number of rotatable bonds is 5. The van der Waals surface area contributed by atoms with Crippen LogP contribution in [0.25, 0.3) is 5.52 Å². The molecule has 0 amide bonds. The van der Waals surface area contributed by atoms with Gasteiger partial charge < -0.3 is 19.7 Å². The molecule has 3 aromatic rings. The van der Waals surface area contributed by atoms with Crippen LogP contribution < -0.4 is 9.47 Å². The van der Waals surface area contributed by atoms with E-state index in [-0.39, 0.29) is 18.1 Å². The van der Waals surface area contributed by atoms with Gasteiger partial charge in [0.25, 0.3) is 0 Å². The number of ether oxygens (including phenoxy) is 2. The molecular weight excluding hydrogens is 300 g/mol. The highest BCUT2D eigenvalue weighted by Crippen LogP contribution is 2.21. The first kappa shape index (κ1) is 14.7. The smallest absolute Gasteiger partial charge is 0.356 e. The number of aromatic hydroxyl groups is 1. The minimum Gasteiger partial charge on any atom is -0.508 e. The van der Waals surface area contributed by atoms with E-state index in [1.807, 2.05) is 0 Å². The molecule has 0 atom stereocenters. The van der Waals surface area contributed by atoms with Crippen molar-refractivity contribution in [1.82, 2.24) is 9.38 Å². The Kier molecular flexibility index (Phi) is 3.76. The van der Waals surface area contributed by atoms with Gasteiger partial charge in [-0.2, -0.15) is 0 Å². The lowest BCUT2D eigenvalue weighted by molar-refractivity contribution is 0.0693. The zero-order valence-corrected chi connectivity index (χ0v) is 12.3. The van der Waals surface area contributed by atoms with Crippen molar-refractivity contribution in [3.05, 3.63) is 54.1 Å². The van der Waals surface area contributed by atoms with Gasteiger partial charge in [-0.3, -0.25) is 4.40 Å². The van der Waals surface area contributed by atoms with Crippen molar-refractivity contribution in [2.45, 2.75) is 6.61 Å². The molecule has 2 aromatic heterocycles. The summed E-state index contributed by atoms with van der Waals surface area (Å²) in [5.74, 6) is 0.560. The molecule has 0 saturated carbocycles. The first-order valence-electron chi connectivity index (χ1n) is 6.78. The first-order chi connectivity index (χ1) is 11.1. The Morgan fingerprint density at radius 1 is 1.22 bits per heavy atom. The molecule has 2 heterocycles. The second-order valence-corrected chi connectivity index (χ2v) is 4.79. The van der Waals surface area contributed by atoms with E-state index in [4.69, 9.17) is 9.47 Å². The van der Waals surface area contributed by atoms with Crippen molar-refractivity contribution >= 4 is 11.5 Å². The van der Waals surface area contributed by atoms with Crippen LogP contribution in [-0.2, 0) is 6.61 Å². The third kappa shape index (κ3) is 2.89. The molecule has 0 fully saturated rings. The first-order valence-corrected chi connectivity index (χ1v) is 6.78. The van der Waals surface area contributed by atoms with Gasteiger partial charge in [0.2, 0.25) is 0 Å². The summed E-state index contributed by atoms with van der Waals surface area (Å²) in [6, 6.07) is 9.83. The molecule has 0 aliphatic carbocycles. The van der Waals surface area contributed by atoms with Gasteiger partial charge >= 0.3 is 5.97 Å². The molecule has 7 heteroatoms. The Balaban J connectivity index is 1.88. The largest absolute Gasteiger partial charge is 0.508 e. The van der Waals surface area contributed by atoms with Crippen LogP contribution in [0.1, 0.15) is 16.3 Å². The average molecular weight is 314 g/mol. The van der Waals surface area contributed by atoms with E-state index in [0.29, 0.717) is 22.8 Å². The maximum absolute atomic E-state index is 11.3. The second kappa shape index (κ2) is 5.88. The van der Waals surface area contributed by atoms with Crippen molar-refractivity contribution in [3.63, 3.8) is 0 Å². The van der Waals surface area contributed by atoms with Crippen LogP contribution in [0.15, 0.2) is 42.6 Å². The number of fused-ring (bicyclic) bond motifs is 1. The molecule has 2 N–H and O–H groups in total. The standard InChI is InChI=1S/C16H14N2O5/c1-22-11-2-4-12(5-3-11)23-9-14-17-15(16(20)21)13-8-10(19)6-7-18(13)14/h2-8,19H,9H2,1H3,(H,20,21). The van der Waals surface area contributed by atoms with Gasteiger partial charge in [-0.25, -0.2) is 9.78 Å². The van der Waals surface area contributed by atoms with E-state index >= 15 is 0 Å². The van der Waals surface area contributed by atoms with Crippen molar-refractivity contribution in [2.75, 3.05) is 7.11 Å². The highest BCUT2D eigenvalue weighted by atomic mass is 16.5. The molecule has 0 aliphatic heterocycles. The Bertz CT molecular complexity index is 855. The lowest BCUT2D eigenvalue weighted by atomic mass is 10.3. The maximum atomic E-state index is 11.3. The Hall–Kier alpha value is -3.22. The number of imidazole rings is 1. The molecular formula is C16H14N2O5. The molecule has 7 nitrogen and oxygen atoms in total. The highest BCUT2D eigenvalue weighted by Gasteiger charge is 2.17. The fourth-order valence-electron chi connectivity index (χ4n) is 2.22. The van der Waals surface area contributed by atoms with Crippen LogP contribution in [0, 0.1) is 0 Å². The number of nitrogens with zero attached hydrogens (tertiary/aromatic N) is 2. The number of carbonyl (C=O) groups is 1. The molecule has 0 aliphatic rings. The molecule has 0 saturated heterocycles. The van der Waals surface area contributed by atoms with Crippen molar-refractivity contribution in [3.8, 4) is 17.2 Å². The predicted molar refractivity (Wildman–Crippen MR) is 81.1 cm³/mol. The molecule has 23 heavy (non-hydrogen) atoms. The van der Waals surface area contributed by atoms with Crippen LogP contribution in [0.5, 0.6) is 17.2 Å². The molecule has 0 bridgehead atoms. The monoisotopic (exact) mass is 314 g/mol. The molecule has 118 valence electrons. The van der Waals surface area contributed by atoms with Gasteiger partial charge in [0.1, 0.15) is 23.9 Å². The van der Waals surface area contributed by atoms with E-state index in [0.717, 1.165) is 0 Å². The van der Waals surface area contributed by atoms with Gasteiger partial charge in [-0.05, 0) is 30.3 Å². The summed E-state index contributed by atoms with van der Waals surface area (Å²) in [7, 11) is 1.58. The topological polar surface area (TPSA) is 93.3 Å². The Morgan fingerprint density at radius 3 is 2.57 bits per heavy atom. The van der Waals surface area contributed by atoms with Gasteiger partial charge in [0.15, 0.2) is 11.5 Å². The zero-order chi connectivity index (χ0) is 16.4. The lowest BCUT2D eigenvalue weighted by Gasteiger charge is -2.06. The number of hydrogen-bond donors (Lipinski definition) is 2. The normalized spacial score (nSPS) is 10.7. The number of hydrogen-bond acceptors (Lipinski definition) is 5. The molecule has 0 radical (unpaired) electrons. The van der Waals surface area contributed by atoms with Crippen molar-refractivity contribution in [2.24, 2.45) is 0 Å². The van der Waals surface area contributed by atoms with E-state index in [1.165, 1.54) is 12.1 Å². The van der Waals surface area contributed by atoms with E-state index in [1.54, 1.807) is 42.0 Å². The van der Waals surface area contributed by atoms with E-state index in [2.05, 4.69) is 4.98 Å². The summed E-state index contributed by atoms with van der Waals surface area (Å²) >= 11 is 0. The number of aromatic carboxylic acids is 1. The second-order valence-electron chi connectivity index (χ2n) is 4.79. The van der Waals surface area contributed by atoms with Crippen molar-refractivity contribution < 1.29 is 24.5 Å². The number of carboxylic acids is 1. The predicted octanol–water partition coefficient (Wildman–Crippen LogP) is 2.33. The van der Waals surface area contributed by atoms with E-state index < -0.39 is 5.97 Å². The van der Waals surface area contributed by atoms with Crippen LogP contribution in [0.2, 0.25) is 0 Å². The van der Waals surface area contributed by atoms with E-state index in [9.17, 15) is 15.0 Å². The minimum atomic E-state index is -1.16. The summed E-state index contributed by atoms with van der Waals surface area (Å²) in [6.45, 7) is 0.0888. The number of carboxylic acid groups (broad SMARTS) is 1. The number of methoxy groups -OCH3 is 1. The number of pyridine rings is 1. The SMILES string of the molecule is COc1ccc(OCc2nc(C(=O)O)c3cc(O)ccn23)cc1. The Morgan fingerprint density at radius 2 is 1.91 bits per heavy atom. The van der Waals surface area contributed by atoms with Crippen LogP contribution in [0.3, 0.4) is 0 Å².